The van der Waals surface area contributed by atoms with Crippen molar-refractivity contribution in [1.82, 2.24) is 4.90 Å². The second kappa shape index (κ2) is 7.36. The van der Waals surface area contributed by atoms with Crippen molar-refractivity contribution in [3.05, 3.63) is 42.1 Å². The van der Waals surface area contributed by atoms with Gasteiger partial charge in [-0.1, -0.05) is 24.2 Å². The zero-order valence-corrected chi connectivity index (χ0v) is 13.9. The second-order valence-electron chi connectivity index (χ2n) is 5.76. The maximum absolute atomic E-state index is 12.0. The molecule has 0 radical (unpaired) electrons. The number of amides is 1. The molecule has 0 aromatic heterocycles. The van der Waals surface area contributed by atoms with Gasteiger partial charge >= 0.3 is 6.09 Å². The SMILES string of the molecule is C=CN(CCN(C)c1cccc(Cl)c1)C(=O)OC(C)(C)C. The van der Waals surface area contributed by atoms with Gasteiger partial charge in [0.15, 0.2) is 0 Å². The maximum Gasteiger partial charge on any atom is 0.414 e. The van der Waals surface area contributed by atoms with Gasteiger partial charge in [-0.3, -0.25) is 4.90 Å². The van der Waals surface area contributed by atoms with Gasteiger partial charge in [-0.2, -0.15) is 0 Å². The van der Waals surface area contributed by atoms with Crippen molar-refractivity contribution in [2.45, 2.75) is 26.4 Å². The van der Waals surface area contributed by atoms with Crippen LogP contribution in [0.1, 0.15) is 20.8 Å². The van der Waals surface area contributed by atoms with Crippen LogP contribution in [0.2, 0.25) is 5.02 Å². The summed E-state index contributed by atoms with van der Waals surface area (Å²) >= 11 is 5.97. The molecule has 1 aromatic rings. The van der Waals surface area contributed by atoms with Crippen LogP contribution in [0.3, 0.4) is 0 Å². The first-order valence-corrected chi connectivity index (χ1v) is 7.19. The molecular formula is C16H23ClN2O2. The highest BCUT2D eigenvalue weighted by atomic mass is 35.5. The van der Waals surface area contributed by atoms with E-state index in [4.69, 9.17) is 16.3 Å². The van der Waals surface area contributed by atoms with E-state index in [-0.39, 0.29) is 0 Å². The molecule has 0 N–H and O–H groups in total. The molecule has 1 amide bonds. The fourth-order valence-electron chi connectivity index (χ4n) is 1.68. The molecule has 0 aliphatic rings. The number of likely N-dealkylation sites (N-methyl/N-ethyl adjacent to an activating group) is 1. The topological polar surface area (TPSA) is 32.8 Å². The Morgan fingerprint density at radius 2 is 2.05 bits per heavy atom. The fourth-order valence-corrected chi connectivity index (χ4v) is 1.86. The Hall–Kier alpha value is -1.68. The Balaban J connectivity index is 2.59. The fraction of sp³-hybridized carbons (Fsp3) is 0.438. The van der Waals surface area contributed by atoms with E-state index in [0.29, 0.717) is 18.1 Å². The van der Waals surface area contributed by atoms with Crippen LogP contribution in [-0.4, -0.2) is 36.7 Å². The molecule has 1 aromatic carbocycles. The van der Waals surface area contributed by atoms with Gasteiger partial charge in [0, 0.05) is 37.0 Å². The number of benzene rings is 1. The first kappa shape index (κ1) is 17.4. The minimum atomic E-state index is -0.517. The molecule has 0 heterocycles. The van der Waals surface area contributed by atoms with Crippen LogP contribution in [0, 0.1) is 0 Å². The number of nitrogens with zero attached hydrogens (tertiary/aromatic N) is 2. The number of halogens is 1. The van der Waals surface area contributed by atoms with Crippen LogP contribution in [0.5, 0.6) is 0 Å². The monoisotopic (exact) mass is 310 g/mol. The lowest BCUT2D eigenvalue weighted by Crippen LogP contribution is -2.37. The molecule has 0 fully saturated rings. The first-order valence-electron chi connectivity index (χ1n) is 6.82. The van der Waals surface area contributed by atoms with Gasteiger partial charge in [0.05, 0.1) is 0 Å². The largest absolute Gasteiger partial charge is 0.443 e. The van der Waals surface area contributed by atoms with E-state index < -0.39 is 11.7 Å². The van der Waals surface area contributed by atoms with E-state index in [2.05, 4.69) is 6.58 Å². The van der Waals surface area contributed by atoms with Crippen molar-refractivity contribution < 1.29 is 9.53 Å². The summed E-state index contributed by atoms with van der Waals surface area (Å²) in [7, 11) is 1.95. The molecule has 0 saturated carbocycles. The lowest BCUT2D eigenvalue weighted by atomic mass is 10.2. The van der Waals surface area contributed by atoms with E-state index in [1.807, 2.05) is 57.0 Å². The van der Waals surface area contributed by atoms with E-state index in [1.54, 1.807) is 0 Å². The molecule has 4 nitrogen and oxygen atoms in total. The third-order valence-corrected chi connectivity index (χ3v) is 3.01. The molecule has 5 heteroatoms. The maximum atomic E-state index is 12.0. The Bertz CT molecular complexity index is 497. The molecule has 0 unspecified atom stereocenters. The Labute approximate surface area is 131 Å². The lowest BCUT2D eigenvalue weighted by Gasteiger charge is -2.27. The molecule has 0 saturated heterocycles. The number of rotatable bonds is 5. The van der Waals surface area contributed by atoms with Crippen molar-refractivity contribution in [2.75, 3.05) is 25.0 Å². The van der Waals surface area contributed by atoms with Crippen molar-refractivity contribution in [2.24, 2.45) is 0 Å². The Morgan fingerprint density at radius 3 is 2.57 bits per heavy atom. The molecule has 0 atom stereocenters. The molecular weight excluding hydrogens is 288 g/mol. The van der Waals surface area contributed by atoms with Crippen LogP contribution in [-0.2, 0) is 4.74 Å². The summed E-state index contributed by atoms with van der Waals surface area (Å²) < 4.78 is 5.32. The predicted octanol–water partition coefficient (Wildman–Crippen LogP) is 4.16. The molecule has 1 rings (SSSR count). The van der Waals surface area contributed by atoms with Crippen LogP contribution in [0.25, 0.3) is 0 Å². The Morgan fingerprint density at radius 1 is 1.38 bits per heavy atom. The van der Waals surface area contributed by atoms with E-state index >= 15 is 0 Å². The smallest absolute Gasteiger partial charge is 0.414 e. The van der Waals surface area contributed by atoms with Gasteiger partial charge in [-0.05, 0) is 39.0 Å². The summed E-state index contributed by atoms with van der Waals surface area (Å²) in [6, 6.07) is 7.58. The average molecular weight is 311 g/mol. The van der Waals surface area contributed by atoms with Gasteiger partial charge in [0.25, 0.3) is 0 Å². The van der Waals surface area contributed by atoms with Crippen LogP contribution in [0.15, 0.2) is 37.0 Å². The minimum Gasteiger partial charge on any atom is -0.443 e. The van der Waals surface area contributed by atoms with Gasteiger partial charge < -0.3 is 9.64 Å². The minimum absolute atomic E-state index is 0.392. The predicted molar refractivity (Wildman–Crippen MR) is 87.9 cm³/mol. The van der Waals surface area contributed by atoms with Crippen LogP contribution in [0.4, 0.5) is 10.5 Å². The van der Waals surface area contributed by atoms with Crippen molar-refractivity contribution in [1.29, 1.82) is 0 Å². The van der Waals surface area contributed by atoms with E-state index in [9.17, 15) is 4.79 Å². The van der Waals surface area contributed by atoms with E-state index in [1.165, 1.54) is 11.1 Å². The zero-order chi connectivity index (χ0) is 16.0. The van der Waals surface area contributed by atoms with Crippen LogP contribution >= 0.6 is 11.6 Å². The van der Waals surface area contributed by atoms with Gasteiger partial charge in [0.1, 0.15) is 5.60 Å². The number of hydrogen-bond acceptors (Lipinski definition) is 3. The highest BCUT2D eigenvalue weighted by Gasteiger charge is 2.20. The Kier molecular flexibility index (Phi) is 6.09. The number of carbonyl (C=O) groups is 1. The van der Waals surface area contributed by atoms with Crippen molar-refractivity contribution in [3.8, 4) is 0 Å². The normalized spacial score (nSPS) is 10.9. The van der Waals surface area contributed by atoms with Crippen molar-refractivity contribution >= 4 is 23.4 Å². The highest BCUT2D eigenvalue weighted by Crippen LogP contribution is 2.18. The molecule has 21 heavy (non-hydrogen) atoms. The molecule has 0 bridgehead atoms. The number of ether oxygens (including phenoxy) is 1. The van der Waals surface area contributed by atoms with Crippen LogP contribution < -0.4 is 4.90 Å². The van der Waals surface area contributed by atoms with Gasteiger partial charge in [-0.15, -0.1) is 0 Å². The number of carbonyl (C=O) groups excluding carboxylic acids is 1. The summed E-state index contributed by atoms with van der Waals surface area (Å²) in [6.07, 6.45) is 1.09. The summed E-state index contributed by atoms with van der Waals surface area (Å²) in [5, 5.41) is 0.687. The van der Waals surface area contributed by atoms with Gasteiger partial charge in [0.2, 0.25) is 0 Å². The summed E-state index contributed by atoms with van der Waals surface area (Å²) in [5.74, 6) is 0. The first-order chi connectivity index (χ1) is 9.73. The lowest BCUT2D eigenvalue weighted by molar-refractivity contribution is 0.0340. The standard InChI is InChI=1S/C16H23ClN2O2/c1-6-19(15(20)21-16(2,3)4)11-10-18(5)14-9-7-8-13(17)12-14/h6-9,12H,1,10-11H2,2-5H3. The number of anilines is 1. The second-order valence-corrected chi connectivity index (χ2v) is 6.19. The molecule has 116 valence electrons. The molecule has 0 aliphatic carbocycles. The third-order valence-electron chi connectivity index (χ3n) is 2.77. The summed E-state index contributed by atoms with van der Waals surface area (Å²) in [5.41, 5.74) is 0.479. The number of hydrogen-bond donors (Lipinski definition) is 0. The summed E-state index contributed by atoms with van der Waals surface area (Å²) in [6.45, 7) is 10.3. The molecule has 0 spiro atoms. The molecule has 0 aliphatic heterocycles. The third kappa shape index (κ3) is 6.08. The quantitative estimate of drug-likeness (QED) is 0.818. The average Bonchev–Trinajstić information content (AvgIpc) is 2.37. The van der Waals surface area contributed by atoms with E-state index in [0.717, 1.165) is 5.69 Å². The van der Waals surface area contributed by atoms with Gasteiger partial charge in [-0.25, -0.2) is 4.79 Å². The van der Waals surface area contributed by atoms with Crippen molar-refractivity contribution in [3.63, 3.8) is 0 Å². The summed E-state index contributed by atoms with van der Waals surface area (Å²) in [4.78, 5) is 15.5. The zero-order valence-electron chi connectivity index (χ0n) is 13.1. The highest BCUT2D eigenvalue weighted by molar-refractivity contribution is 6.30.